The van der Waals surface area contributed by atoms with Gasteiger partial charge in [-0.2, -0.15) is 0 Å². The third kappa shape index (κ3) is 0.841. The van der Waals surface area contributed by atoms with Gasteiger partial charge in [0.15, 0.2) is 0 Å². The smallest absolute Gasteiger partial charge is 0.144 e. The van der Waals surface area contributed by atoms with Gasteiger partial charge in [0.2, 0.25) is 0 Å². The Morgan fingerprint density at radius 2 is 2.00 bits per heavy atom. The number of nitrogens with zero attached hydrogens (tertiary/aromatic N) is 3. The van der Waals surface area contributed by atoms with Crippen LogP contribution in [0.5, 0.6) is 0 Å². The standard InChI is InChI=1S/C4H3N3O/c8-7-4-1-5-3-6-2-4/h1-3H. The highest BCUT2D eigenvalue weighted by atomic mass is 16.3. The van der Waals surface area contributed by atoms with Crippen LogP contribution in [0, 0.1) is 4.91 Å². The molecule has 1 aromatic heterocycles. The topological polar surface area (TPSA) is 55.2 Å². The first kappa shape index (κ1) is 4.83. The number of hydrogen-bond acceptors (Lipinski definition) is 4. The molecule has 0 radical (unpaired) electrons. The first-order chi connectivity index (χ1) is 3.93. The fraction of sp³-hybridized carbons (Fsp3) is 0. The van der Waals surface area contributed by atoms with Crippen LogP contribution < -0.4 is 0 Å². The van der Waals surface area contributed by atoms with Gasteiger partial charge in [-0.25, -0.2) is 9.97 Å². The molecule has 0 atom stereocenters. The van der Waals surface area contributed by atoms with Crippen LogP contribution in [0.25, 0.3) is 0 Å². The molecule has 0 spiro atoms. The van der Waals surface area contributed by atoms with Crippen molar-refractivity contribution in [2.75, 3.05) is 0 Å². The lowest BCUT2D eigenvalue weighted by molar-refractivity contribution is 1.16. The van der Waals surface area contributed by atoms with Crippen LogP contribution in [0.3, 0.4) is 0 Å². The molecule has 1 rings (SSSR count). The minimum absolute atomic E-state index is 0.257. The molecule has 0 amide bonds. The minimum Gasteiger partial charge on any atom is -0.242 e. The molecule has 0 fully saturated rings. The van der Waals surface area contributed by atoms with Gasteiger partial charge in [0.1, 0.15) is 12.0 Å². The van der Waals surface area contributed by atoms with E-state index in [0.29, 0.717) is 0 Å². The molecule has 0 saturated carbocycles. The lowest BCUT2D eigenvalue weighted by atomic mass is 10.6. The van der Waals surface area contributed by atoms with Gasteiger partial charge in [0.25, 0.3) is 0 Å². The van der Waals surface area contributed by atoms with Crippen molar-refractivity contribution >= 4 is 5.69 Å². The van der Waals surface area contributed by atoms with Gasteiger partial charge in [0.05, 0.1) is 12.4 Å². The molecule has 8 heavy (non-hydrogen) atoms. The largest absolute Gasteiger partial charge is 0.242 e. The van der Waals surface area contributed by atoms with E-state index >= 15 is 0 Å². The molecule has 0 N–H and O–H groups in total. The van der Waals surface area contributed by atoms with Crippen molar-refractivity contribution < 1.29 is 0 Å². The first-order valence-electron chi connectivity index (χ1n) is 2.02. The van der Waals surface area contributed by atoms with E-state index in [1.54, 1.807) is 0 Å². The van der Waals surface area contributed by atoms with Gasteiger partial charge in [-0.1, -0.05) is 0 Å². The van der Waals surface area contributed by atoms with Crippen molar-refractivity contribution in [2.45, 2.75) is 0 Å². The lowest BCUT2D eigenvalue weighted by Crippen LogP contribution is -1.70. The van der Waals surface area contributed by atoms with Crippen LogP contribution in [-0.4, -0.2) is 9.97 Å². The third-order valence-electron chi connectivity index (χ3n) is 0.652. The average molecular weight is 109 g/mol. The van der Waals surface area contributed by atoms with Gasteiger partial charge in [-0.15, -0.1) is 4.91 Å². The Bertz CT molecular complexity index is 174. The lowest BCUT2D eigenvalue weighted by Gasteiger charge is -1.79. The summed E-state index contributed by atoms with van der Waals surface area (Å²) >= 11 is 0. The molecule has 0 aliphatic heterocycles. The van der Waals surface area contributed by atoms with Gasteiger partial charge in [-0.3, -0.25) is 0 Å². The van der Waals surface area contributed by atoms with Crippen molar-refractivity contribution in [2.24, 2.45) is 5.18 Å². The zero-order valence-corrected chi connectivity index (χ0v) is 3.98. The molecule has 40 valence electrons. The molecular weight excluding hydrogens is 106 g/mol. The van der Waals surface area contributed by atoms with Gasteiger partial charge >= 0.3 is 0 Å². The summed E-state index contributed by atoms with van der Waals surface area (Å²) in [6.45, 7) is 0. The highest BCUT2D eigenvalue weighted by molar-refractivity contribution is 5.27. The molecule has 0 bridgehead atoms. The molecular formula is C4H3N3O. The summed E-state index contributed by atoms with van der Waals surface area (Å²) in [5.41, 5.74) is 0.257. The normalized spacial score (nSPS) is 8.50. The summed E-state index contributed by atoms with van der Waals surface area (Å²) in [4.78, 5) is 16.8. The Hall–Kier alpha value is -1.32. The molecule has 0 saturated heterocycles. The second kappa shape index (κ2) is 2.11. The van der Waals surface area contributed by atoms with E-state index in [-0.39, 0.29) is 5.69 Å². The second-order valence-electron chi connectivity index (χ2n) is 1.19. The zero-order chi connectivity index (χ0) is 5.82. The molecule has 0 aliphatic rings. The fourth-order valence-corrected chi connectivity index (χ4v) is 0.338. The predicted octanol–water partition coefficient (Wildman–Crippen LogP) is 0.875. The number of aromatic nitrogens is 2. The molecule has 0 aromatic carbocycles. The highest BCUT2D eigenvalue weighted by Gasteiger charge is 1.83. The van der Waals surface area contributed by atoms with E-state index in [0.717, 1.165) is 0 Å². The number of nitroso groups, excluding NO2 is 1. The van der Waals surface area contributed by atoms with E-state index in [1.165, 1.54) is 18.7 Å². The van der Waals surface area contributed by atoms with Crippen LogP contribution in [0.4, 0.5) is 5.69 Å². The molecule has 4 nitrogen and oxygen atoms in total. The van der Waals surface area contributed by atoms with Crippen LogP contribution >= 0.6 is 0 Å². The van der Waals surface area contributed by atoms with Gasteiger partial charge in [0, 0.05) is 0 Å². The summed E-state index contributed by atoms with van der Waals surface area (Å²) < 4.78 is 0. The van der Waals surface area contributed by atoms with E-state index < -0.39 is 0 Å². The Morgan fingerprint density at radius 1 is 1.38 bits per heavy atom. The van der Waals surface area contributed by atoms with E-state index in [2.05, 4.69) is 15.1 Å². The third-order valence-corrected chi connectivity index (χ3v) is 0.652. The summed E-state index contributed by atoms with van der Waals surface area (Å²) in [6.07, 6.45) is 4.04. The maximum Gasteiger partial charge on any atom is 0.144 e. The zero-order valence-electron chi connectivity index (χ0n) is 3.98. The minimum atomic E-state index is 0.257. The van der Waals surface area contributed by atoms with Gasteiger partial charge < -0.3 is 0 Å². The quantitative estimate of drug-likeness (QED) is 0.503. The average Bonchev–Trinajstić information content (AvgIpc) is 1.90. The maximum absolute atomic E-state index is 9.68. The van der Waals surface area contributed by atoms with E-state index in [4.69, 9.17) is 0 Å². The van der Waals surface area contributed by atoms with Crippen LogP contribution in [0.1, 0.15) is 0 Å². The van der Waals surface area contributed by atoms with E-state index in [1.807, 2.05) is 0 Å². The van der Waals surface area contributed by atoms with Crippen LogP contribution in [-0.2, 0) is 0 Å². The number of hydrogen-bond donors (Lipinski definition) is 0. The Labute approximate surface area is 45.6 Å². The van der Waals surface area contributed by atoms with Crippen molar-refractivity contribution in [3.63, 3.8) is 0 Å². The van der Waals surface area contributed by atoms with Crippen LogP contribution in [0.2, 0.25) is 0 Å². The van der Waals surface area contributed by atoms with Crippen LogP contribution in [0.15, 0.2) is 23.9 Å². The molecule has 0 aliphatic carbocycles. The Morgan fingerprint density at radius 3 is 2.38 bits per heavy atom. The maximum atomic E-state index is 9.68. The van der Waals surface area contributed by atoms with Crippen molar-refractivity contribution in [1.29, 1.82) is 0 Å². The van der Waals surface area contributed by atoms with Crippen molar-refractivity contribution in [3.05, 3.63) is 23.6 Å². The molecule has 1 aromatic rings. The molecule has 4 heteroatoms. The van der Waals surface area contributed by atoms with Crippen molar-refractivity contribution in [3.8, 4) is 0 Å². The first-order valence-corrected chi connectivity index (χ1v) is 2.02. The summed E-state index contributed by atoms with van der Waals surface area (Å²) in [7, 11) is 0. The Kier molecular flexibility index (Phi) is 1.27. The molecule has 1 heterocycles. The Balaban J connectivity index is 2.99. The SMILES string of the molecule is O=Nc1cncnc1. The monoisotopic (exact) mass is 109 g/mol. The molecule has 0 unspecified atom stereocenters. The highest BCUT2D eigenvalue weighted by Crippen LogP contribution is 2.02. The van der Waals surface area contributed by atoms with E-state index in [9.17, 15) is 4.91 Å². The number of rotatable bonds is 1. The second-order valence-corrected chi connectivity index (χ2v) is 1.19. The summed E-state index contributed by atoms with van der Waals surface area (Å²) in [5, 5.41) is 2.60. The van der Waals surface area contributed by atoms with Crippen molar-refractivity contribution in [1.82, 2.24) is 9.97 Å². The van der Waals surface area contributed by atoms with Gasteiger partial charge in [-0.05, 0) is 5.18 Å². The summed E-state index contributed by atoms with van der Waals surface area (Å²) in [6, 6.07) is 0. The predicted molar refractivity (Wildman–Crippen MR) is 27.5 cm³/mol. The summed E-state index contributed by atoms with van der Waals surface area (Å²) in [5.74, 6) is 0. The fourth-order valence-electron chi connectivity index (χ4n) is 0.338.